The van der Waals surface area contributed by atoms with E-state index in [0.29, 0.717) is 12.1 Å². The lowest BCUT2D eigenvalue weighted by molar-refractivity contribution is 0.159. The maximum absolute atomic E-state index is 5.79. The molecule has 0 aliphatic heterocycles. The lowest BCUT2D eigenvalue weighted by Crippen LogP contribution is -2.48. The Hall–Kier alpha value is -0.830. The van der Waals surface area contributed by atoms with Crippen LogP contribution >= 0.6 is 12.2 Å². The number of hydrogen-bond donors (Lipinski definition) is 0. The van der Waals surface area contributed by atoms with E-state index in [1.165, 1.54) is 64.2 Å². The normalized spacial score (nSPS) is 21.8. The molecule has 1 aromatic rings. The number of rotatable bonds is 3. The average Bonchev–Trinajstić information content (AvgIpc) is 3.04. The van der Waals surface area contributed by atoms with E-state index in [-0.39, 0.29) is 0 Å². The predicted octanol–water partition coefficient (Wildman–Crippen LogP) is 4.92. The van der Waals surface area contributed by atoms with Crippen molar-refractivity contribution in [2.75, 3.05) is 0 Å². The second-order valence-corrected chi connectivity index (χ2v) is 6.66. The molecular formula is C17H25NOS. The molecule has 0 radical (unpaired) electrons. The molecule has 2 fully saturated rings. The SMILES string of the molecule is S=C(c1ccco1)N(C1CCCCC1)C1CCCCC1. The standard InChI is InChI=1S/C17H25NOS/c20-17(16-12-7-13-19-16)18(14-8-3-1-4-9-14)15-10-5-2-6-11-15/h7,12-15H,1-6,8-11H2. The maximum Gasteiger partial charge on any atom is 0.161 e. The third-order valence-electron chi connectivity index (χ3n) is 4.90. The van der Waals surface area contributed by atoms with E-state index in [0.717, 1.165) is 10.7 Å². The Morgan fingerprint density at radius 3 is 1.95 bits per heavy atom. The van der Waals surface area contributed by atoms with Gasteiger partial charge < -0.3 is 9.32 Å². The van der Waals surface area contributed by atoms with Crippen LogP contribution in [-0.2, 0) is 0 Å². The van der Waals surface area contributed by atoms with Crippen molar-refractivity contribution < 1.29 is 4.42 Å². The molecule has 0 spiro atoms. The average molecular weight is 291 g/mol. The van der Waals surface area contributed by atoms with Crippen LogP contribution in [0.2, 0.25) is 0 Å². The van der Waals surface area contributed by atoms with Gasteiger partial charge in [0.2, 0.25) is 0 Å². The minimum absolute atomic E-state index is 0.643. The van der Waals surface area contributed by atoms with Crippen molar-refractivity contribution in [1.82, 2.24) is 4.90 Å². The van der Waals surface area contributed by atoms with Gasteiger partial charge in [-0.15, -0.1) is 0 Å². The highest BCUT2D eigenvalue weighted by atomic mass is 32.1. The van der Waals surface area contributed by atoms with E-state index in [1.54, 1.807) is 6.26 Å². The van der Waals surface area contributed by atoms with Crippen LogP contribution < -0.4 is 0 Å². The van der Waals surface area contributed by atoms with Crippen molar-refractivity contribution in [3.05, 3.63) is 24.2 Å². The molecule has 0 saturated heterocycles. The van der Waals surface area contributed by atoms with Gasteiger partial charge in [0.1, 0.15) is 4.99 Å². The van der Waals surface area contributed by atoms with Crippen molar-refractivity contribution in [3.8, 4) is 0 Å². The largest absolute Gasteiger partial charge is 0.462 e. The summed E-state index contributed by atoms with van der Waals surface area (Å²) in [5.41, 5.74) is 0. The Morgan fingerprint density at radius 2 is 1.50 bits per heavy atom. The second kappa shape index (κ2) is 6.75. The van der Waals surface area contributed by atoms with Crippen LogP contribution in [0.25, 0.3) is 0 Å². The molecular weight excluding hydrogens is 266 g/mol. The molecule has 1 heterocycles. The van der Waals surface area contributed by atoms with Gasteiger partial charge in [-0.1, -0.05) is 50.7 Å². The molecule has 0 aromatic carbocycles. The Labute approximate surface area is 127 Å². The van der Waals surface area contributed by atoms with Gasteiger partial charge in [0.15, 0.2) is 5.76 Å². The molecule has 0 amide bonds. The highest BCUT2D eigenvalue weighted by Crippen LogP contribution is 2.31. The third-order valence-corrected chi connectivity index (χ3v) is 5.31. The van der Waals surface area contributed by atoms with E-state index < -0.39 is 0 Å². The second-order valence-electron chi connectivity index (χ2n) is 6.27. The molecule has 0 atom stereocenters. The molecule has 2 aliphatic carbocycles. The van der Waals surface area contributed by atoms with Crippen LogP contribution in [0.1, 0.15) is 70.0 Å². The number of nitrogens with zero attached hydrogens (tertiary/aromatic N) is 1. The molecule has 20 heavy (non-hydrogen) atoms. The van der Waals surface area contributed by atoms with E-state index in [4.69, 9.17) is 16.6 Å². The molecule has 3 heteroatoms. The smallest absolute Gasteiger partial charge is 0.161 e. The predicted molar refractivity (Wildman–Crippen MR) is 86.0 cm³/mol. The van der Waals surface area contributed by atoms with Crippen LogP contribution in [0.3, 0.4) is 0 Å². The topological polar surface area (TPSA) is 16.4 Å². The van der Waals surface area contributed by atoms with E-state index in [1.807, 2.05) is 12.1 Å². The van der Waals surface area contributed by atoms with Crippen molar-refractivity contribution in [1.29, 1.82) is 0 Å². The Balaban J connectivity index is 1.79. The molecule has 0 unspecified atom stereocenters. The van der Waals surface area contributed by atoms with Gasteiger partial charge in [-0.3, -0.25) is 0 Å². The fraction of sp³-hybridized carbons (Fsp3) is 0.706. The van der Waals surface area contributed by atoms with Crippen molar-refractivity contribution >= 4 is 17.2 Å². The lowest BCUT2D eigenvalue weighted by atomic mass is 9.88. The summed E-state index contributed by atoms with van der Waals surface area (Å²) >= 11 is 5.79. The fourth-order valence-corrected chi connectivity index (χ4v) is 4.29. The minimum Gasteiger partial charge on any atom is -0.462 e. The van der Waals surface area contributed by atoms with Crippen LogP contribution in [-0.4, -0.2) is 22.0 Å². The summed E-state index contributed by atoms with van der Waals surface area (Å²) in [6, 6.07) is 5.25. The van der Waals surface area contributed by atoms with Gasteiger partial charge >= 0.3 is 0 Å². The van der Waals surface area contributed by atoms with Gasteiger partial charge in [0.25, 0.3) is 0 Å². The van der Waals surface area contributed by atoms with E-state index in [9.17, 15) is 0 Å². The van der Waals surface area contributed by atoms with Gasteiger partial charge in [0, 0.05) is 12.1 Å². The van der Waals surface area contributed by atoms with Gasteiger partial charge in [0.05, 0.1) is 6.26 Å². The van der Waals surface area contributed by atoms with Crippen LogP contribution in [0.5, 0.6) is 0 Å². The molecule has 2 nitrogen and oxygen atoms in total. The summed E-state index contributed by atoms with van der Waals surface area (Å²) in [6.07, 6.45) is 15.2. The van der Waals surface area contributed by atoms with Crippen molar-refractivity contribution in [2.45, 2.75) is 76.3 Å². The molecule has 3 rings (SSSR count). The van der Waals surface area contributed by atoms with Crippen LogP contribution in [0.15, 0.2) is 22.8 Å². The monoisotopic (exact) mass is 291 g/mol. The first kappa shape index (κ1) is 14.1. The van der Waals surface area contributed by atoms with Crippen molar-refractivity contribution in [2.24, 2.45) is 0 Å². The zero-order valence-electron chi connectivity index (χ0n) is 12.2. The summed E-state index contributed by atoms with van der Waals surface area (Å²) in [6.45, 7) is 0. The first-order valence-electron chi connectivity index (χ1n) is 8.22. The number of thiocarbonyl (C=S) groups is 1. The van der Waals surface area contributed by atoms with E-state index in [2.05, 4.69) is 4.90 Å². The van der Waals surface area contributed by atoms with Gasteiger partial charge in [-0.2, -0.15) is 0 Å². The van der Waals surface area contributed by atoms with Crippen LogP contribution in [0.4, 0.5) is 0 Å². The Kier molecular flexibility index (Phi) is 4.77. The number of hydrogen-bond acceptors (Lipinski definition) is 2. The first-order chi connectivity index (χ1) is 9.86. The minimum atomic E-state index is 0.643. The molecule has 2 aliphatic rings. The zero-order valence-corrected chi connectivity index (χ0v) is 13.0. The molecule has 0 bridgehead atoms. The van der Waals surface area contributed by atoms with Crippen LogP contribution in [0, 0.1) is 0 Å². The lowest BCUT2D eigenvalue weighted by Gasteiger charge is -2.43. The number of furan rings is 1. The quantitative estimate of drug-likeness (QED) is 0.735. The van der Waals surface area contributed by atoms with E-state index >= 15 is 0 Å². The highest BCUT2D eigenvalue weighted by molar-refractivity contribution is 7.80. The highest BCUT2D eigenvalue weighted by Gasteiger charge is 2.31. The zero-order chi connectivity index (χ0) is 13.8. The Bertz CT molecular complexity index is 398. The summed E-state index contributed by atoms with van der Waals surface area (Å²) in [7, 11) is 0. The van der Waals surface area contributed by atoms with Gasteiger partial charge in [-0.05, 0) is 37.8 Å². The van der Waals surface area contributed by atoms with Gasteiger partial charge in [-0.25, -0.2) is 0 Å². The summed E-state index contributed by atoms with van der Waals surface area (Å²) < 4.78 is 5.58. The molecule has 1 aromatic heterocycles. The molecule has 2 saturated carbocycles. The molecule has 0 N–H and O–H groups in total. The Morgan fingerprint density at radius 1 is 0.950 bits per heavy atom. The summed E-state index contributed by atoms with van der Waals surface area (Å²) in [5, 5.41) is 0. The maximum atomic E-state index is 5.79. The molecule has 110 valence electrons. The summed E-state index contributed by atoms with van der Waals surface area (Å²) in [5.74, 6) is 0.885. The first-order valence-corrected chi connectivity index (χ1v) is 8.63. The fourth-order valence-electron chi connectivity index (χ4n) is 3.88. The summed E-state index contributed by atoms with van der Waals surface area (Å²) in [4.78, 5) is 3.51. The third kappa shape index (κ3) is 3.08. The van der Waals surface area contributed by atoms with Crippen molar-refractivity contribution in [3.63, 3.8) is 0 Å².